The number of ether oxygens (including phenoxy) is 2. The smallest absolute Gasteiger partial charge is 0.253 e. The molecule has 2 rings (SSSR count). The highest BCUT2D eigenvalue weighted by atomic mass is 16.5. The first-order valence-electron chi connectivity index (χ1n) is 11.1. The van der Waals surface area contributed by atoms with E-state index in [0.29, 0.717) is 18.8 Å². The van der Waals surface area contributed by atoms with E-state index in [9.17, 15) is 4.79 Å². The summed E-state index contributed by atoms with van der Waals surface area (Å²) in [6.45, 7) is 6.61. The van der Waals surface area contributed by atoms with Gasteiger partial charge in [-0.1, -0.05) is 18.2 Å². The van der Waals surface area contributed by atoms with Gasteiger partial charge in [-0.3, -0.25) is 9.79 Å². The van der Waals surface area contributed by atoms with Crippen molar-refractivity contribution in [1.82, 2.24) is 15.5 Å². The second-order valence-electron chi connectivity index (χ2n) is 7.47. The molecule has 0 fully saturated rings. The lowest BCUT2D eigenvalue weighted by molar-refractivity contribution is 0.0827. The van der Waals surface area contributed by atoms with E-state index in [1.807, 2.05) is 50.2 Å². The Kier molecular flexibility index (Phi) is 10.4. The van der Waals surface area contributed by atoms with Gasteiger partial charge in [0.15, 0.2) is 17.5 Å². The average molecular weight is 441 g/mol. The molecule has 0 aliphatic carbocycles. The first kappa shape index (κ1) is 25.0. The Labute approximate surface area is 191 Å². The summed E-state index contributed by atoms with van der Waals surface area (Å²) in [6.07, 6.45) is 1.63. The quantitative estimate of drug-likeness (QED) is 0.415. The summed E-state index contributed by atoms with van der Waals surface area (Å²) in [5.41, 5.74) is 2.98. The van der Waals surface area contributed by atoms with Gasteiger partial charge in [0.2, 0.25) is 0 Å². The number of aliphatic imine (C=N–C) groups is 1. The molecule has 7 heteroatoms. The van der Waals surface area contributed by atoms with E-state index in [-0.39, 0.29) is 5.91 Å². The van der Waals surface area contributed by atoms with Crippen molar-refractivity contribution >= 4 is 11.9 Å². The monoisotopic (exact) mass is 440 g/mol. The molecular weight excluding hydrogens is 404 g/mol. The molecule has 0 bridgehead atoms. The molecule has 0 heterocycles. The number of benzene rings is 2. The third-order valence-corrected chi connectivity index (χ3v) is 4.82. The zero-order chi connectivity index (χ0) is 23.3. The number of nitrogens with one attached hydrogen (secondary N) is 2. The number of carbonyl (C=O) groups is 1. The van der Waals surface area contributed by atoms with Crippen molar-refractivity contribution in [3.05, 3.63) is 59.2 Å². The van der Waals surface area contributed by atoms with Crippen LogP contribution in [0.15, 0.2) is 47.5 Å². The van der Waals surface area contributed by atoms with Crippen molar-refractivity contribution in [2.75, 3.05) is 47.4 Å². The van der Waals surface area contributed by atoms with Gasteiger partial charge in [-0.15, -0.1) is 0 Å². The highest BCUT2D eigenvalue weighted by Crippen LogP contribution is 2.28. The van der Waals surface area contributed by atoms with Gasteiger partial charge in [-0.2, -0.15) is 0 Å². The van der Waals surface area contributed by atoms with E-state index in [1.54, 1.807) is 26.0 Å². The normalized spacial score (nSPS) is 11.1. The van der Waals surface area contributed by atoms with E-state index in [2.05, 4.69) is 21.7 Å². The van der Waals surface area contributed by atoms with Crippen molar-refractivity contribution in [2.24, 2.45) is 4.99 Å². The number of rotatable bonds is 11. The van der Waals surface area contributed by atoms with Gasteiger partial charge in [0.1, 0.15) is 0 Å². The summed E-state index contributed by atoms with van der Waals surface area (Å²) in [6, 6.07) is 13.8. The fourth-order valence-corrected chi connectivity index (χ4v) is 3.24. The third kappa shape index (κ3) is 7.80. The zero-order valence-electron chi connectivity index (χ0n) is 19.9. The SMILES string of the molecule is CCOc1ccc(CCNC(=NC)NCCc2cccc(C(=O)N(C)C)c2)cc1OCC. The fraction of sp³-hybridized carbons (Fsp3) is 0.440. The maximum Gasteiger partial charge on any atom is 0.253 e. The summed E-state index contributed by atoms with van der Waals surface area (Å²) >= 11 is 0. The molecule has 0 saturated heterocycles. The van der Waals surface area contributed by atoms with Gasteiger partial charge in [0.05, 0.1) is 13.2 Å². The highest BCUT2D eigenvalue weighted by molar-refractivity contribution is 5.94. The Bertz CT molecular complexity index is 897. The molecule has 7 nitrogen and oxygen atoms in total. The lowest BCUT2D eigenvalue weighted by Crippen LogP contribution is -2.39. The van der Waals surface area contributed by atoms with Crippen molar-refractivity contribution in [2.45, 2.75) is 26.7 Å². The Morgan fingerprint density at radius 1 is 0.906 bits per heavy atom. The summed E-state index contributed by atoms with van der Waals surface area (Å²) in [4.78, 5) is 18.0. The number of carbonyl (C=O) groups excluding carboxylic acids is 1. The molecule has 2 aromatic carbocycles. The molecule has 2 N–H and O–H groups in total. The minimum Gasteiger partial charge on any atom is -0.490 e. The first-order chi connectivity index (χ1) is 15.5. The topological polar surface area (TPSA) is 75.2 Å². The Balaban J connectivity index is 1.82. The van der Waals surface area contributed by atoms with Crippen LogP contribution >= 0.6 is 0 Å². The van der Waals surface area contributed by atoms with Crippen LogP contribution < -0.4 is 20.1 Å². The van der Waals surface area contributed by atoms with Crippen LogP contribution in [-0.2, 0) is 12.8 Å². The van der Waals surface area contributed by atoms with Gasteiger partial charge in [0, 0.05) is 39.8 Å². The van der Waals surface area contributed by atoms with Crippen LogP contribution in [0.1, 0.15) is 35.3 Å². The molecule has 0 aromatic heterocycles. The maximum atomic E-state index is 12.1. The summed E-state index contributed by atoms with van der Waals surface area (Å²) in [7, 11) is 5.28. The van der Waals surface area contributed by atoms with Crippen LogP contribution in [0.2, 0.25) is 0 Å². The van der Waals surface area contributed by atoms with Crippen molar-refractivity contribution < 1.29 is 14.3 Å². The molecule has 1 amide bonds. The predicted octanol–water partition coefficient (Wildman–Crippen LogP) is 3.14. The Hall–Kier alpha value is -3.22. The van der Waals surface area contributed by atoms with Crippen molar-refractivity contribution in [1.29, 1.82) is 0 Å². The average Bonchev–Trinajstić information content (AvgIpc) is 2.79. The Morgan fingerprint density at radius 2 is 1.53 bits per heavy atom. The van der Waals surface area contributed by atoms with Crippen LogP contribution in [-0.4, -0.2) is 64.2 Å². The van der Waals surface area contributed by atoms with Gasteiger partial charge < -0.3 is 25.0 Å². The standard InChI is InChI=1S/C25H36N4O3/c1-6-31-22-12-11-20(18-23(22)32-7-2)14-16-28-25(26-3)27-15-13-19-9-8-10-21(17-19)24(30)29(4)5/h8-12,17-18H,6-7,13-16H2,1-5H3,(H2,26,27,28). The second kappa shape index (κ2) is 13.2. The minimum atomic E-state index is 0.0130. The molecule has 0 aliphatic heterocycles. The molecule has 0 radical (unpaired) electrons. The van der Waals surface area contributed by atoms with E-state index >= 15 is 0 Å². The van der Waals surface area contributed by atoms with Crippen LogP contribution in [0.4, 0.5) is 0 Å². The van der Waals surface area contributed by atoms with Crippen LogP contribution in [0.5, 0.6) is 11.5 Å². The molecule has 0 aliphatic rings. The van der Waals surface area contributed by atoms with Gasteiger partial charge in [-0.05, 0) is 62.1 Å². The van der Waals surface area contributed by atoms with Crippen molar-refractivity contribution in [3.8, 4) is 11.5 Å². The minimum absolute atomic E-state index is 0.0130. The van der Waals surface area contributed by atoms with E-state index in [4.69, 9.17) is 9.47 Å². The predicted molar refractivity (Wildman–Crippen MR) is 130 cm³/mol. The number of hydrogen-bond acceptors (Lipinski definition) is 4. The van der Waals surface area contributed by atoms with Gasteiger partial charge >= 0.3 is 0 Å². The lowest BCUT2D eigenvalue weighted by Gasteiger charge is -2.14. The van der Waals surface area contributed by atoms with Crippen LogP contribution in [0.3, 0.4) is 0 Å². The van der Waals surface area contributed by atoms with Crippen LogP contribution in [0.25, 0.3) is 0 Å². The van der Waals surface area contributed by atoms with E-state index < -0.39 is 0 Å². The number of guanidine groups is 1. The second-order valence-corrected chi connectivity index (χ2v) is 7.47. The van der Waals surface area contributed by atoms with Gasteiger partial charge in [0.25, 0.3) is 5.91 Å². The summed E-state index contributed by atoms with van der Waals surface area (Å²) in [5, 5.41) is 6.68. The zero-order valence-corrected chi connectivity index (χ0v) is 19.9. The molecule has 32 heavy (non-hydrogen) atoms. The maximum absolute atomic E-state index is 12.1. The molecular formula is C25H36N4O3. The summed E-state index contributed by atoms with van der Waals surface area (Å²) < 4.78 is 11.3. The van der Waals surface area contributed by atoms with Crippen molar-refractivity contribution in [3.63, 3.8) is 0 Å². The molecule has 0 saturated carbocycles. The lowest BCUT2D eigenvalue weighted by atomic mass is 10.1. The largest absolute Gasteiger partial charge is 0.490 e. The molecule has 0 unspecified atom stereocenters. The number of nitrogens with zero attached hydrogens (tertiary/aromatic N) is 2. The Morgan fingerprint density at radius 3 is 2.12 bits per heavy atom. The third-order valence-electron chi connectivity index (χ3n) is 4.82. The molecule has 0 atom stereocenters. The fourth-order valence-electron chi connectivity index (χ4n) is 3.24. The number of amides is 1. The molecule has 174 valence electrons. The summed E-state index contributed by atoms with van der Waals surface area (Å²) in [5.74, 6) is 2.32. The number of hydrogen-bond donors (Lipinski definition) is 2. The van der Waals surface area contributed by atoms with E-state index in [0.717, 1.165) is 49.0 Å². The van der Waals surface area contributed by atoms with Gasteiger partial charge in [-0.25, -0.2) is 0 Å². The van der Waals surface area contributed by atoms with Crippen LogP contribution in [0, 0.1) is 0 Å². The first-order valence-corrected chi connectivity index (χ1v) is 11.1. The van der Waals surface area contributed by atoms with E-state index in [1.165, 1.54) is 5.56 Å². The molecule has 2 aromatic rings. The highest BCUT2D eigenvalue weighted by Gasteiger charge is 2.09. The molecule has 0 spiro atoms.